The second kappa shape index (κ2) is 5.52. The van der Waals surface area contributed by atoms with Crippen LogP contribution < -0.4 is 4.74 Å². The lowest BCUT2D eigenvalue weighted by molar-refractivity contribution is -0.120. The van der Waals surface area contributed by atoms with Crippen molar-refractivity contribution in [2.75, 3.05) is 0 Å². The molecule has 0 saturated heterocycles. The molecule has 5 nitrogen and oxygen atoms in total. The molecule has 0 saturated carbocycles. The van der Waals surface area contributed by atoms with Crippen molar-refractivity contribution in [3.8, 4) is 11.4 Å². The van der Waals surface area contributed by atoms with Gasteiger partial charge in [0.15, 0.2) is 5.75 Å². The fraction of sp³-hybridized carbons (Fsp3) is 0. The Balaban J connectivity index is 2.12. The van der Waals surface area contributed by atoms with Gasteiger partial charge in [-0.1, -0.05) is 34.8 Å². The van der Waals surface area contributed by atoms with Crippen LogP contribution in [0.3, 0.4) is 0 Å². The number of carbonyl (C=O) groups is 1. The second-order valence-corrected chi connectivity index (χ2v) is 5.33. The zero-order valence-corrected chi connectivity index (χ0v) is 12.5. The van der Waals surface area contributed by atoms with E-state index in [1.165, 1.54) is 4.80 Å². The highest BCUT2D eigenvalue weighted by Crippen LogP contribution is 2.35. The summed E-state index contributed by atoms with van der Waals surface area (Å²) in [5.74, 6) is 0.0943. The molecule has 0 atom stereocenters. The van der Waals surface area contributed by atoms with E-state index in [-0.39, 0.29) is 22.3 Å². The van der Waals surface area contributed by atoms with Gasteiger partial charge < -0.3 is 4.74 Å². The Bertz CT molecular complexity index is 825. The average Bonchev–Trinajstić information content (AvgIpc) is 2.85. The zero-order chi connectivity index (χ0) is 15.0. The predicted molar refractivity (Wildman–Crippen MR) is 80.6 cm³/mol. The number of hydrogen-bond acceptors (Lipinski definition) is 4. The van der Waals surface area contributed by atoms with Gasteiger partial charge in [0.05, 0.1) is 15.7 Å². The Labute approximate surface area is 134 Å². The molecular weight excluding hydrogens is 337 g/mol. The normalized spacial score (nSPS) is 10.8. The number of carbonyl (C=O) groups excluding carboxylic acids is 1. The van der Waals surface area contributed by atoms with Crippen molar-refractivity contribution in [1.82, 2.24) is 15.0 Å². The van der Waals surface area contributed by atoms with Crippen LogP contribution in [0.4, 0.5) is 0 Å². The third kappa shape index (κ3) is 2.68. The highest BCUT2D eigenvalue weighted by Gasteiger charge is 2.13. The molecular formula is C13H6Cl3N3O2. The highest BCUT2D eigenvalue weighted by atomic mass is 35.5. The third-order valence-electron chi connectivity index (χ3n) is 2.72. The van der Waals surface area contributed by atoms with Gasteiger partial charge in [0.2, 0.25) is 0 Å². The molecule has 2 aromatic carbocycles. The van der Waals surface area contributed by atoms with E-state index in [0.29, 0.717) is 21.7 Å². The minimum absolute atomic E-state index is 0.0943. The molecule has 0 aliphatic carbocycles. The molecule has 21 heavy (non-hydrogen) atoms. The minimum Gasteiger partial charge on any atom is -0.426 e. The van der Waals surface area contributed by atoms with E-state index < -0.39 is 0 Å². The first-order valence-corrected chi connectivity index (χ1v) is 6.84. The van der Waals surface area contributed by atoms with E-state index in [9.17, 15) is 4.79 Å². The van der Waals surface area contributed by atoms with Crippen LogP contribution in [0.25, 0.3) is 16.7 Å². The number of benzene rings is 2. The maximum Gasteiger partial charge on any atom is 0.298 e. The van der Waals surface area contributed by atoms with Crippen LogP contribution in [0, 0.1) is 0 Å². The average molecular weight is 343 g/mol. The molecule has 0 N–H and O–H groups in total. The first-order chi connectivity index (χ1) is 10.1. The Morgan fingerprint density at radius 1 is 1.00 bits per heavy atom. The van der Waals surface area contributed by atoms with Gasteiger partial charge in [-0.3, -0.25) is 4.79 Å². The van der Waals surface area contributed by atoms with Gasteiger partial charge in [-0.05, 0) is 30.3 Å². The lowest BCUT2D eigenvalue weighted by Gasteiger charge is -2.06. The summed E-state index contributed by atoms with van der Waals surface area (Å²) >= 11 is 18.0. The summed E-state index contributed by atoms with van der Waals surface area (Å²) in [6, 6.07) is 8.28. The van der Waals surface area contributed by atoms with E-state index in [0.717, 1.165) is 0 Å². The first kappa shape index (κ1) is 14.1. The SMILES string of the molecule is O=COc1c(Cl)cc(-n2nc3ccc(Cl)cc3n2)cc1Cl. The Hall–Kier alpha value is -1.82. The van der Waals surface area contributed by atoms with E-state index in [1.54, 1.807) is 30.3 Å². The van der Waals surface area contributed by atoms with Gasteiger partial charge in [0.1, 0.15) is 11.0 Å². The molecule has 0 aliphatic rings. The van der Waals surface area contributed by atoms with Crippen LogP contribution in [0.5, 0.6) is 5.75 Å². The van der Waals surface area contributed by atoms with Crippen molar-refractivity contribution >= 4 is 52.3 Å². The summed E-state index contributed by atoms with van der Waals surface area (Å²) in [6.07, 6.45) is 0. The summed E-state index contributed by atoms with van der Waals surface area (Å²) in [6.45, 7) is 0.259. The number of ether oxygens (including phenoxy) is 1. The molecule has 0 aliphatic heterocycles. The maximum atomic E-state index is 10.4. The van der Waals surface area contributed by atoms with Crippen molar-refractivity contribution in [2.45, 2.75) is 0 Å². The molecule has 0 fully saturated rings. The summed E-state index contributed by atoms with van der Waals surface area (Å²) in [5.41, 5.74) is 1.86. The topological polar surface area (TPSA) is 57.0 Å². The van der Waals surface area contributed by atoms with Gasteiger partial charge in [0.25, 0.3) is 6.47 Å². The van der Waals surface area contributed by atoms with Crippen LogP contribution in [-0.4, -0.2) is 21.5 Å². The predicted octanol–water partition coefficient (Wildman–Crippen LogP) is 3.92. The van der Waals surface area contributed by atoms with Gasteiger partial charge in [0, 0.05) is 5.02 Å². The smallest absolute Gasteiger partial charge is 0.298 e. The van der Waals surface area contributed by atoms with E-state index in [1.807, 2.05) is 0 Å². The molecule has 0 radical (unpaired) electrons. The third-order valence-corrected chi connectivity index (χ3v) is 3.52. The van der Waals surface area contributed by atoms with Crippen molar-refractivity contribution in [3.05, 3.63) is 45.4 Å². The van der Waals surface area contributed by atoms with Crippen LogP contribution in [-0.2, 0) is 4.79 Å². The fourth-order valence-corrected chi connectivity index (χ4v) is 2.56. The van der Waals surface area contributed by atoms with Crippen LogP contribution in [0.15, 0.2) is 30.3 Å². The fourth-order valence-electron chi connectivity index (χ4n) is 1.83. The van der Waals surface area contributed by atoms with E-state index >= 15 is 0 Å². The zero-order valence-electron chi connectivity index (χ0n) is 10.3. The molecule has 0 bridgehead atoms. The van der Waals surface area contributed by atoms with Crippen molar-refractivity contribution in [1.29, 1.82) is 0 Å². The summed E-state index contributed by atoms with van der Waals surface area (Å²) < 4.78 is 4.72. The number of nitrogens with zero attached hydrogens (tertiary/aromatic N) is 3. The Morgan fingerprint density at radius 3 is 2.33 bits per heavy atom. The lowest BCUT2D eigenvalue weighted by atomic mass is 10.3. The van der Waals surface area contributed by atoms with Gasteiger partial charge >= 0.3 is 0 Å². The summed E-state index contributed by atoms with van der Waals surface area (Å²) in [7, 11) is 0. The molecule has 3 aromatic rings. The maximum absolute atomic E-state index is 10.4. The Morgan fingerprint density at radius 2 is 1.67 bits per heavy atom. The monoisotopic (exact) mass is 341 g/mol. The van der Waals surface area contributed by atoms with Crippen molar-refractivity contribution < 1.29 is 9.53 Å². The molecule has 1 heterocycles. The Kier molecular flexibility index (Phi) is 3.71. The van der Waals surface area contributed by atoms with Gasteiger partial charge in [-0.15, -0.1) is 10.2 Å². The minimum atomic E-state index is 0.0943. The molecule has 0 unspecified atom stereocenters. The van der Waals surface area contributed by atoms with Crippen LogP contribution in [0.2, 0.25) is 15.1 Å². The first-order valence-electron chi connectivity index (χ1n) is 5.71. The molecule has 0 spiro atoms. The summed E-state index contributed by atoms with van der Waals surface area (Å²) in [5, 5.41) is 9.53. The number of hydrogen-bond donors (Lipinski definition) is 0. The molecule has 106 valence electrons. The number of rotatable bonds is 3. The lowest BCUT2D eigenvalue weighted by Crippen LogP contribution is -2.00. The van der Waals surface area contributed by atoms with Crippen molar-refractivity contribution in [3.63, 3.8) is 0 Å². The van der Waals surface area contributed by atoms with Crippen LogP contribution >= 0.6 is 34.8 Å². The standard InChI is InChI=1S/C13H6Cl3N3O2/c14-7-1-2-11-12(3-7)18-19(17-11)8-4-9(15)13(21-6-20)10(16)5-8/h1-6H. The quantitative estimate of drug-likeness (QED) is 0.677. The van der Waals surface area contributed by atoms with E-state index in [2.05, 4.69) is 10.2 Å². The number of fused-ring (bicyclic) bond motifs is 1. The molecule has 1 aromatic heterocycles. The highest BCUT2D eigenvalue weighted by molar-refractivity contribution is 6.37. The molecule has 3 rings (SSSR count). The van der Waals surface area contributed by atoms with Crippen molar-refractivity contribution in [2.24, 2.45) is 0 Å². The largest absolute Gasteiger partial charge is 0.426 e. The number of halogens is 3. The summed E-state index contributed by atoms with van der Waals surface area (Å²) in [4.78, 5) is 11.8. The van der Waals surface area contributed by atoms with Gasteiger partial charge in [-0.25, -0.2) is 0 Å². The second-order valence-electron chi connectivity index (χ2n) is 4.08. The van der Waals surface area contributed by atoms with E-state index in [4.69, 9.17) is 39.5 Å². The van der Waals surface area contributed by atoms with Gasteiger partial charge in [-0.2, -0.15) is 4.80 Å². The number of aromatic nitrogens is 3. The van der Waals surface area contributed by atoms with Crippen LogP contribution in [0.1, 0.15) is 0 Å². The molecule has 0 amide bonds. The molecule has 8 heteroatoms.